The summed E-state index contributed by atoms with van der Waals surface area (Å²) < 4.78 is 1.55. The van der Waals surface area contributed by atoms with Crippen molar-refractivity contribution in [3.8, 4) is 0 Å². The quantitative estimate of drug-likeness (QED) is 0.154. The highest BCUT2D eigenvalue weighted by Crippen LogP contribution is 2.69. The number of fused-ring (bicyclic) bond motifs is 2. The molecule has 4 atom stereocenters. The highest BCUT2D eigenvalue weighted by molar-refractivity contribution is 8.27. The Bertz CT molecular complexity index is 1030. The van der Waals surface area contributed by atoms with E-state index in [2.05, 4.69) is 10.6 Å². The van der Waals surface area contributed by atoms with E-state index in [4.69, 9.17) is 11.5 Å². The second kappa shape index (κ2) is 14.2. The summed E-state index contributed by atoms with van der Waals surface area (Å²) in [7, 11) is 0. The molecule has 2 saturated heterocycles. The maximum absolute atomic E-state index is 13.1. The van der Waals surface area contributed by atoms with E-state index in [1.807, 2.05) is 13.8 Å². The SMILES string of the molecule is CCCNC(=O)C(C(N)=O)=C1SC2C(S1)C(C1CCCC1)C1SC(=C(C(N)=O)C(=O)NCCC)SC1C2C1CCCC1. The van der Waals surface area contributed by atoms with E-state index < -0.39 is 11.8 Å². The van der Waals surface area contributed by atoms with E-state index in [1.165, 1.54) is 51.4 Å². The smallest absolute Gasteiger partial charge is 0.258 e. The maximum atomic E-state index is 13.1. The number of hydrogen-bond acceptors (Lipinski definition) is 8. The van der Waals surface area contributed by atoms with Crippen molar-refractivity contribution in [2.45, 2.75) is 99.1 Å². The molecular formula is C30H44N4O4S4. The van der Waals surface area contributed by atoms with Crippen LogP contribution in [0.15, 0.2) is 19.6 Å². The van der Waals surface area contributed by atoms with Crippen molar-refractivity contribution in [1.29, 1.82) is 0 Å². The molecule has 12 heteroatoms. The van der Waals surface area contributed by atoms with Crippen LogP contribution in [0.2, 0.25) is 0 Å². The fourth-order valence-electron chi connectivity index (χ4n) is 7.64. The molecular weight excluding hydrogens is 609 g/mol. The van der Waals surface area contributed by atoms with E-state index in [-0.39, 0.29) is 44.0 Å². The van der Waals surface area contributed by atoms with E-state index in [1.54, 1.807) is 47.0 Å². The zero-order valence-electron chi connectivity index (χ0n) is 24.5. The Labute approximate surface area is 266 Å². The summed E-state index contributed by atoms with van der Waals surface area (Å²) in [5.41, 5.74) is 11.9. The first-order chi connectivity index (χ1) is 20.3. The molecule has 0 bridgehead atoms. The monoisotopic (exact) mass is 652 g/mol. The van der Waals surface area contributed by atoms with Crippen molar-refractivity contribution < 1.29 is 19.2 Å². The van der Waals surface area contributed by atoms with Gasteiger partial charge in [-0.15, -0.1) is 47.0 Å². The molecule has 4 amide bonds. The summed E-state index contributed by atoms with van der Waals surface area (Å²) in [5, 5.41) is 6.73. The van der Waals surface area contributed by atoms with E-state index >= 15 is 0 Å². The van der Waals surface area contributed by atoms with Gasteiger partial charge in [0.1, 0.15) is 11.1 Å². The molecule has 5 fully saturated rings. The Kier molecular flexibility index (Phi) is 10.9. The first-order valence-electron chi connectivity index (χ1n) is 15.6. The fourth-order valence-corrected chi connectivity index (χ4v) is 16.0. The van der Waals surface area contributed by atoms with Gasteiger partial charge in [0, 0.05) is 34.1 Å². The summed E-state index contributed by atoms with van der Waals surface area (Å²) in [5.74, 6) is -0.317. The highest BCUT2D eigenvalue weighted by Gasteiger charge is 2.61. The average molecular weight is 653 g/mol. The lowest BCUT2D eigenvalue weighted by molar-refractivity contribution is -0.123. The molecule has 6 N–H and O–H groups in total. The standard InChI is InChI=1S/C30H44N4O4S4/c1-3-13-33-27(37)19(25(31)35)29-39-21-17(15-9-5-6-10-15)23-24(18(22(21)40-29)16-11-7-8-12-16)42-30(41-23)20(26(32)36)28(38)34-14-4-2/h15-18,21-24H,3-14H2,1-2H3,(H2,31,35)(H2,32,36)(H,33,37)(H,34,38). The number of nitrogens with one attached hydrogen (secondary N) is 2. The number of hydrogen-bond donors (Lipinski definition) is 4. The molecule has 42 heavy (non-hydrogen) atoms. The molecule has 5 rings (SSSR count). The second-order valence-corrected chi connectivity index (χ2v) is 17.4. The van der Waals surface area contributed by atoms with Crippen LogP contribution in [0.25, 0.3) is 0 Å². The summed E-state index contributed by atoms with van der Waals surface area (Å²) in [6, 6.07) is 0. The van der Waals surface area contributed by atoms with E-state index in [0.717, 1.165) is 21.3 Å². The van der Waals surface area contributed by atoms with Crippen molar-refractivity contribution in [1.82, 2.24) is 10.6 Å². The molecule has 3 saturated carbocycles. The zero-order valence-corrected chi connectivity index (χ0v) is 27.8. The van der Waals surface area contributed by atoms with Crippen molar-refractivity contribution in [2.75, 3.05) is 13.1 Å². The molecule has 4 unspecified atom stereocenters. The van der Waals surface area contributed by atoms with Crippen LogP contribution in [0.4, 0.5) is 0 Å². The van der Waals surface area contributed by atoms with Crippen LogP contribution in [-0.4, -0.2) is 57.7 Å². The van der Waals surface area contributed by atoms with Gasteiger partial charge in [0.05, 0.1) is 8.47 Å². The minimum Gasteiger partial charge on any atom is -0.365 e. The minimum atomic E-state index is -0.662. The molecule has 3 aliphatic carbocycles. The molecule has 232 valence electrons. The van der Waals surface area contributed by atoms with Gasteiger partial charge in [0.2, 0.25) is 0 Å². The van der Waals surface area contributed by atoms with Gasteiger partial charge in [0.15, 0.2) is 0 Å². The number of amides is 4. The molecule has 5 aliphatic rings. The lowest BCUT2D eigenvalue weighted by atomic mass is 9.69. The van der Waals surface area contributed by atoms with Gasteiger partial charge >= 0.3 is 0 Å². The van der Waals surface area contributed by atoms with Gasteiger partial charge in [-0.2, -0.15) is 0 Å². The fraction of sp³-hybridized carbons (Fsp3) is 0.733. The van der Waals surface area contributed by atoms with Crippen LogP contribution in [0, 0.1) is 23.7 Å². The largest absolute Gasteiger partial charge is 0.365 e. The lowest BCUT2D eigenvalue weighted by Gasteiger charge is -2.49. The van der Waals surface area contributed by atoms with Crippen molar-refractivity contribution in [3.05, 3.63) is 19.6 Å². The van der Waals surface area contributed by atoms with Gasteiger partial charge in [-0.25, -0.2) is 0 Å². The van der Waals surface area contributed by atoms with Crippen molar-refractivity contribution in [3.63, 3.8) is 0 Å². The summed E-state index contributed by atoms with van der Waals surface area (Å²) in [6.07, 6.45) is 11.1. The van der Waals surface area contributed by atoms with Gasteiger partial charge in [0.25, 0.3) is 23.6 Å². The van der Waals surface area contributed by atoms with Gasteiger partial charge in [-0.05, 0) is 36.5 Å². The normalized spacial score (nSPS) is 31.1. The molecule has 8 nitrogen and oxygen atoms in total. The molecule has 0 aromatic rings. The van der Waals surface area contributed by atoms with E-state index in [9.17, 15) is 19.2 Å². The van der Waals surface area contributed by atoms with Crippen molar-refractivity contribution in [2.24, 2.45) is 35.1 Å². The van der Waals surface area contributed by atoms with Crippen LogP contribution >= 0.6 is 47.0 Å². The Hall–Kier alpha value is -1.24. The number of rotatable bonds is 10. The third-order valence-electron chi connectivity index (χ3n) is 9.45. The molecule has 0 radical (unpaired) electrons. The topological polar surface area (TPSA) is 144 Å². The molecule has 2 heterocycles. The van der Waals surface area contributed by atoms with Gasteiger partial charge < -0.3 is 22.1 Å². The molecule has 0 aromatic heterocycles. The van der Waals surface area contributed by atoms with Crippen molar-refractivity contribution >= 4 is 70.7 Å². The first-order valence-corrected chi connectivity index (χ1v) is 19.1. The number of carbonyl (C=O) groups excluding carboxylic acids is 4. The van der Waals surface area contributed by atoms with Crippen LogP contribution in [0.5, 0.6) is 0 Å². The average Bonchev–Trinajstić information content (AvgIpc) is 3.76. The number of nitrogens with two attached hydrogens (primary N) is 2. The summed E-state index contributed by atoms with van der Waals surface area (Å²) in [4.78, 5) is 51.6. The van der Waals surface area contributed by atoms with Crippen LogP contribution < -0.4 is 22.1 Å². The Morgan fingerprint density at radius 2 is 0.929 bits per heavy atom. The molecule has 0 spiro atoms. The third-order valence-corrected chi connectivity index (χ3v) is 16.1. The number of thioether (sulfide) groups is 4. The van der Waals surface area contributed by atoms with Gasteiger partial charge in [-0.1, -0.05) is 65.2 Å². The third kappa shape index (κ3) is 6.42. The molecule has 2 aliphatic heterocycles. The van der Waals surface area contributed by atoms with Crippen LogP contribution in [0.1, 0.15) is 78.1 Å². The Morgan fingerprint density at radius 1 is 0.619 bits per heavy atom. The second-order valence-electron chi connectivity index (χ2n) is 12.1. The Morgan fingerprint density at radius 3 is 1.19 bits per heavy atom. The molecule has 0 aromatic carbocycles. The predicted molar refractivity (Wildman–Crippen MR) is 175 cm³/mol. The first kappa shape index (κ1) is 32.2. The number of carbonyl (C=O) groups is 4. The number of primary amides is 2. The van der Waals surface area contributed by atoms with Gasteiger partial charge in [-0.3, -0.25) is 19.2 Å². The van der Waals surface area contributed by atoms with Crippen LogP contribution in [0.3, 0.4) is 0 Å². The van der Waals surface area contributed by atoms with E-state index in [0.29, 0.717) is 36.8 Å². The Balaban J connectivity index is 1.57. The highest BCUT2D eigenvalue weighted by atomic mass is 32.2. The maximum Gasteiger partial charge on any atom is 0.258 e. The van der Waals surface area contributed by atoms with Crippen LogP contribution in [-0.2, 0) is 19.2 Å². The minimum absolute atomic E-state index is 0.109. The lowest BCUT2D eigenvalue weighted by Crippen LogP contribution is -2.54. The predicted octanol–water partition coefficient (Wildman–Crippen LogP) is 4.49. The summed E-state index contributed by atoms with van der Waals surface area (Å²) in [6.45, 7) is 4.97. The zero-order chi connectivity index (χ0) is 30.0. The summed E-state index contributed by atoms with van der Waals surface area (Å²) >= 11 is 6.82.